The zero-order valence-corrected chi connectivity index (χ0v) is 12.5. The minimum atomic E-state index is -0.0337. The molecule has 0 radical (unpaired) electrons. The Morgan fingerprint density at radius 3 is 2.71 bits per heavy atom. The number of nitrogens with zero attached hydrogens (tertiary/aromatic N) is 1. The van der Waals surface area contributed by atoms with Crippen molar-refractivity contribution in [1.29, 1.82) is 0 Å². The second kappa shape index (κ2) is 5.02. The average Bonchev–Trinajstić information content (AvgIpc) is 3.03. The number of H-pyrrole nitrogens is 1. The van der Waals surface area contributed by atoms with Crippen LogP contribution in [0, 0.1) is 11.8 Å². The third-order valence-electron chi connectivity index (χ3n) is 4.96. The number of pyridine rings is 1. The molecule has 2 aromatic rings. The standard InChI is InChI=1S/C16H18ClN3O/c17-13-7-18-8-15-12(13)6-14(20-15)16(21)19-11-4-9-1-2-10(3-9)5-11/h6-11,20H,1-5H2,(H,19,21). The first-order chi connectivity index (χ1) is 10.2. The van der Waals surface area contributed by atoms with Gasteiger partial charge in [0.25, 0.3) is 5.91 Å². The number of hydrogen-bond donors (Lipinski definition) is 2. The molecule has 2 heterocycles. The first-order valence-corrected chi connectivity index (χ1v) is 8.00. The SMILES string of the molecule is O=C(NC1CC2CCC(C2)C1)c1cc2c(Cl)cncc2[nH]1. The molecule has 0 aliphatic heterocycles. The van der Waals surface area contributed by atoms with Gasteiger partial charge in [-0.1, -0.05) is 24.4 Å². The van der Waals surface area contributed by atoms with E-state index >= 15 is 0 Å². The highest BCUT2D eigenvalue weighted by molar-refractivity contribution is 6.35. The lowest BCUT2D eigenvalue weighted by atomic mass is 9.85. The molecule has 5 heteroatoms. The predicted octanol–water partition coefficient (Wildman–Crippen LogP) is 3.52. The lowest BCUT2D eigenvalue weighted by Crippen LogP contribution is -2.39. The van der Waals surface area contributed by atoms with Gasteiger partial charge in [-0.3, -0.25) is 9.78 Å². The van der Waals surface area contributed by atoms with E-state index in [4.69, 9.17) is 11.6 Å². The first kappa shape index (κ1) is 13.1. The highest BCUT2D eigenvalue weighted by Crippen LogP contribution is 2.41. The Balaban J connectivity index is 1.52. The summed E-state index contributed by atoms with van der Waals surface area (Å²) in [7, 11) is 0. The molecule has 4 rings (SSSR count). The Hall–Kier alpha value is -1.55. The van der Waals surface area contributed by atoms with Gasteiger partial charge in [0.2, 0.25) is 0 Å². The molecule has 0 spiro atoms. The van der Waals surface area contributed by atoms with Crippen LogP contribution >= 0.6 is 11.6 Å². The Morgan fingerprint density at radius 1 is 1.24 bits per heavy atom. The first-order valence-electron chi connectivity index (χ1n) is 7.62. The zero-order valence-electron chi connectivity index (χ0n) is 11.7. The topological polar surface area (TPSA) is 57.8 Å². The molecule has 21 heavy (non-hydrogen) atoms. The molecule has 1 amide bonds. The summed E-state index contributed by atoms with van der Waals surface area (Å²) in [6.07, 6.45) is 9.59. The van der Waals surface area contributed by atoms with Crippen LogP contribution in [0.25, 0.3) is 10.9 Å². The van der Waals surface area contributed by atoms with Crippen molar-refractivity contribution in [3.05, 3.63) is 29.2 Å². The van der Waals surface area contributed by atoms with Crippen LogP contribution in [0.4, 0.5) is 0 Å². The number of aromatic nitrogens is 2. The number of hydrogen-bond acceptors (Lipinski definition) is 2. The molecular weight excluding hydrogens is 286 g/mol. The normalized spacial score (nSPS) is 28.0. The van der Waals surface area contributed by atoms with E-state index in [1.54, 1.807) is 12.4 Å². The molecule has 2 N–H and O–H groups in total. The van der Waals surface area contributed by atoms with Crippen LogP contribution in [0.15, 0.2) is 18.5 Å². The summed E-state index contributed by atoms with van der Waals surface area (Å²) in [6.45, 7) is 0. The van der Waals surface area contributed by atoms with Crippen molar-refractivity contribution in [2.75, 3.05) is 0 Å². The third kappa shape index (κ3) is 2.42. The van der Waals surface area contributed by atoms with Gasteiger partial charge in [0.15, 0.2) is 0 Å². The lowest BCUT2D eigenvalue weighted by molar-refractivity contribution is 0.0914. The summed E-state index contributed by atoms with van der Waals surface area (Å²) >= 11 is 6.10. The van der Waals surface area contributed by atoms with Crippen LogP contribution in [0.3, 0.4) is 0 Å². The van der Waals surface area contributed by atoms with Crippen molar-refractivity contribution < 1.29 is 4.79 Å². The fourth-order valence-electron chi connectivity index (χ4n) is 4.03. The van der Waals surface area contributed by atoms with Crippen LogP contribution in [-0.4, -0.2) is 21.9 Å². The third-order valence-corrected chi connectivity index (χ3v) is 5.26. The van der Waals surface area contributed by atoms with Gasteiger partial charge in [0.05, 0.1) is 16.7 Å². The quantitative estimate of drug-likeness (QED) is 0.891. The van der Waals surface area contributed by atoms with Gasteiger partial charge in [0, 0.05) is 17.6 Å². The molecule has 2 atom stereocenters. The number of aromatic amines is 1. The lowest BCUT2D eigenvalue weighted by Gasteiger charge is -2.28. The molecule has 4 nitrogen and oxygen atoms in total. The van der Waals surface area contributed by atoms with Crippen LogP contribution in [0.1, 0.15) is 42.6 Å². The number of amides is 1. The fraction of sp³-hybridized carbons (Fsp3) is 0.500. The number of carbonyl (C=O) groups is 1. The highest BCUT2D eigenvalue weighted by atomic mass is 35.5. The Labute approximate surface area is 128 Å². The van der Waals surface area contributed by atoms with Gasteiger partial charge >= 0.3 is 0 Å². The molecule has 0 aromatic carbocycles. The molecule has 2 saturated carbocycles. The molecule has 0 saturated heterocycles. The van der Waals surface area contributed by atoms with Gasteiger partial charge in [-0.15, -0.1) is 0 Å². The molecule has 2 unspecified atom stereocenters. The fourth-order valence-corrected chi connectivity index (χ4v) is 4.24. The maximum atomic E-state index is 12.4. The molecule has 110 valence electrons. The van der Waals surface area contributed by atoms with Crippen LogP contribution in [-0.2, 0) is 0 Å². The largest absolute Gasteiger partial charge is 0.349 e. The van der Waals surface area contributed by atoms with E-state index in [-0.39, 0.29) is 5.91 Å². The maximum Gasteiger partial charge on any atom is 0.267 e. The summed E-state index contributed by atoms with van der Waals surface area (Å²) in [5, 5.41) is 4.60. The summed E-state index contributed by atoms with van der Waals surface area (Å²) < 4.78 is 0. The second-order valence-electron chi connectivity index (χ2n) is 6.45. The van der Waals surface area contributed by atoms with E-state index in [9.17, 15) is 4.79 Å². The van der Waals surface area contributed by atoms with Crippen molar-refractivity contribution >= 4 is 28.4 Å². The van der Waals surface area contributed by atoms with Gasteiger partial charge in [-0.2, -0.15) is 0 Å². The van der Waals surface area contributed by atoms with E-state index in [0.29, 0.717) is 16.8 Å². The summed E-state index contributed by atoms with van der Waals surface area (Å²) in [5.41, 5.74) is 1.37. The predicted molar refractivity (Wildman–Crippen MR) is 82.4 cm³/mol. The molecular formula is C16H18ClN3O. The monoisotopic (exact) mass is 303 g/mol. The van der Waals surface area contributed by atoms with Crippen LogP contribution < -0.4 is 5.32 Å². The van der Waals surface area contributed by atoms with Gasteiger partial charge in [-0.25, -0.2) is 0 Å². The smallest absolute Gasteiger partial charge is 0.267 e. The zero-order chi connectivity index (χ0) is 14.4. The summed E-state index contributed by atoms with van der Waals surface area (Å²) in [6, 6.07) is 2.13. The molecule has 2 aliphatic carbocycles. The Morgan fingerprint density at radius 2 is 2.00 bits per heavy atom. The van der Waals surface area contributed by atoms with E-state index in [2.05, 4.69) is 15.3 Å². The summed E-state index contributed by atoms with van der Waals surface area (Å²) in [4.78, 5) is 19.6. The highest BCUT2D eigenvalue weighted by Gasteiger charge is 2.34. The van der Waals surface area contributed by atoms with Crippen molar-refractivity contribution in [1.82, 2.24) is 15.3 Å². The van der Waals surface area contributed by atoms with Crippen molar-refractivity contribution in [3.63, 3.8) is 0 Å². The van der Waals surface area contributed by atoms with Gasteiger partial charge in [0.1, 0.15) is 5.69 Å². The number of halogens is 1. The van der Waals surface area contributed by atoms with Crippen molar-refractivity contribution in [2.45, 2.75) is 38.1 Å². The molecule has 2 bridgehead atoms. The van der Waals surface area contributed by atoms with Crippen LogP contribution in [0.5, 0.6) is 0 Å². The van der Waals surface area contributed by atoms with E-state index in [1.807, 2.05) is 6.07 Å². The summed E-state index contributed by atoms with van der Waals surface area (Å²) in [5.74, 6) is 1.60. The number of nitrogens with one attached hydrogen (secondary N) is 2. The molecule has 2 aliphatic rings. The van der Waals surface area contributed by atoms with Crippen molar-refractivity contribution in [2.24, 2.45) is 11.8 Å². The minimum Gasteiger partial charge on any atom is -0.349 e. The van der Waals surface area contributed by atoms with E-state index in [0.717, 1.165) is 35.6 Å². The Bertz CT molecular complexity index is 684. The Kier molecular flexibility index (Phi) is 3.14. The van der Waals surface area contributed by atoms with Crippen molar-refractivity contribution in [3.8, 4) is 0 Å². The van der Waals surface area contributed by atoms with E-state index < -0.39 is 0 Å². The molecule has 2 aromatic heterocycles. The number of rotatable bonds is 2. The molecule has 2 fully saturated rings. The number of carbonyl (C=O) groups excluding carboxylic acids is 1. The average molecular weight is 304 g/mol. The maximum absolute atomic E-state index is 12.4. The van der Waals surface area contributed by atoms with E-state index in [1.165, 1.54) is 19.3 Å². The number of fused-ring (bicyclic) bond motifs is 3. The minimum absolute atomic E-state index is 0.0337. The van der Waals surface area contributed by atoms with Crippen LogP contribution in [0.2, 0.25) is 5.02 Å². The van der Waals surface area contributed by atoms with Gasteiger partial charge < -0.3 is 10.3 Å². The van der Waals surface area contributed by atoms with Gasteiger partial charge in [-0.05, 0) is 37.2 Å². The second-order valence-corrected chi connectivity index (χ2v) is 6.86.